The topological polar surface area (TPSA) is 34.1 Å². The molecule has 0 saturated carbocycles. The van der Waals surface area contributed by atoms with E-state index in [1.54, 1.807) is 24.3 Å². The Morgan fingerprint density at radius 1 is 0.750 bits per heavy atom. The molecule has 0 unspecified atom stereocenters. The largest absolute Gasteiger partial charge is 0.227 e. The fourth-order valence-corrected chi connectivity index (χ4v) is 1.81. The van der Waals surface area contributed by atoms with Crippen molar-refractivity contribution >= 4 is 10.7 Å². The molecule has 0 aliphatic heterocycles. The van der Waals surface area contributed by atoms with Gasteiger partial charge in [0.1, 0.15) is 5.82 Å². The van der Waals surface area contributed by atoms with Crippen molar-refractivity contribution in [3.8, 4) is 11.1 Å². The van der Waals surface area contributed by atoms with E-state index in [1.807, 2.05) is 0 Å². The maximum absolute atomic E-state index is 12.7. The summed E-state index contributed by atoms with van der Waals surface area (Å²) < 4.78 is 34.1. The first kappa shape index (κ1) is 10.8. The second-order valence-electron chi connectivity index (χ2n) is 3.31. The summed E-state index contributed by atoms with van der Waals surface area (Å²) in [7, 11) is -2.54. The van der Waals surface area contributed by atoms with Crippen LogP contribution in [0, 0.1) is 5.82 Å². The molecule has 0 aliphatic carbocycles. The van der Waals surface area contributed by atoms with Crippen LogP contribution in [0.4, 0.5) is 4.39 Å². The molecule has 2 nitrogen and oxygen atoms in total. The Bertz CT molecular complexity index is 549. The summed E-state index contributed by atoms with van der Waals surface area (Å²) in [5, 5.41) is 0. The Morgan fingerprint density at radius 2 is 1.19 bits per heavy atom. The van der Waals surface area contributed by atoms with Crippen LogP contribution in [0.2, 0.25) is 0 Å². The van der Waals surface area contributed by atoms with E-state index in [1.165, 1.54) is 24.3 Å². The van der Waals surface area contributed by atoms with Crippen molar-refractivity contribution in [3.05, 3.63) is 54.3 Å². The molecular weight excluding hydrogens is 227 g/mol. The minimum absolute atomic E-state index is 0.279. The van der Waals surface area contributed by atoms with Crippen molar-refractivity contribution < 1.29 is 12.8 Å². The lowest BCUT2D eigenvalue weighted by molar-refractivity contribution is 0.614. The first-order valence-electron chi connectivity index (χ1n) is 4.67. The second-order valence-corrected chi connectivity index (χ2v) is 4.34. The second kappa shape index (κ2) is 4.45. The molecule has 0 atom stereocenters. The number of benzene rings is 2. The first-order chi connectivity index (χ1) is 7.66. The van der Waals surface area contributed by atoms with Crippen LogP contribution in [0.5, 0.6) is 0 Å². The van der Waals surface area contributed by atoms with Crippen LogP contribution in [-0.4, -0.2) is 8.42 Å². The van der Waals surface area contributed by atoms with Gasteiger partial charge in [-0.1, -0.05) is 24.3 Å². The molecule has 0 aromatic heterocycles. The van der Waals surface area contributed by atoms with Crippen LogP contribution in [0.1, 0.15) is 0 Å². The van der Waals surface area contributed by atoms with Crippen molar-refractivity contribution in [1.82, 2.24) is 0 Å². The van der Waals surface area contributed by atoms with Crippen LogP contribution in [0.15, 0.2) is 53.4 Å². The van der Waals surface area contributed by atoms with Gasteiger partial charge in [0.2, 0.25) is 0 Å². The minimum Gasteiger partial charge on any atom is -0.227 e. The third-order valence-electron chi connectivity index (χ3n) is 2.26. The van der Waals surface area contributed by atoms with Gasteiger partial charge >= 0.3 is 0 Å². The summed E-state index contributed by atoms with van der Waals surface area (Å²) >= 11 is 0. The van der Waals surface area contributed by atoms with Gasteiger partial charge in [0, 0.05) is 0 Å². The predicted octanol–water partition coefficient (Wildman–Crippen LogP) is 2.46. The van der Waals surface area contributed by atoms with Crippen molar-refractivity contribution in [3.63, 3.8) is 0 Å². The van der Waals surface area contributed by atoms with E-state index in [2.05, 4.69) is 0 Å². The lowest BCUT2D eigenvalue weighted by Crippen LogP contribution is -1.82. The smallest absolute Gasteiger partial charge is 0.168 e. The zero-order valence-corrected chi connectivity index (χ0v) is 9.15. The Morgan fingerprint density at radius 3 is 1.62 bits per heavy atom. The molecular formula is C12H9FO2S. The fourth-order valence-electron chi connectivity index (χ4n) is 1.42. The van der Waals surface area contributed by atoms with Crippen LogP contribution in [-0.2, 0) is 10.7 Å². The predicted molar refractivity (Wildman–Crippen MR) is 60.4 cm³/mol. The highest BCUT2D eigenvalue weighted by Crippen LogP contribution is 2.20. The summed E-state index contributed by atoms with van der Waals surface area (Å²) in [6.45, 7) is 0. The van der Waals surface area contributed by atoms with Crippen LogP contribution in [0.3, 0.4) is 0 Å². The maximum atomic E-state index is 12.7. The van der Waals surface area contributed by atoms with Gasteiger partial charge in [-0.2, -0.15) is 0 Å². The molecule has 2 rings (SSSR count). The highest BCUT2D eigenvalue weighted by molar-refractivity contribution is 7.72. The van der Waals surface area contributed by atoms with Gasteiger partial charge in [-0.25, -0.2) is 12.8 Å². The Kier molecular flexibility index (Phi) is 3.01. The van der Waals surface area contributed by atoms with Gasteiger partial charge < -0.3 is 0 Å². The van der Waals surface area contributed by atoms with Crippen molar-refractivity contribution in [2.24, 2.45) is 0 Å². The monoisotopic (exact) mass is 236 g/mol. The fraction of sp³-hybridized carbons (Fsp3) is 0. The average Bonchev–Trinajstić information content (AvgIpc) is 2.30. The number of halogens is 1. The molecule has 0 heterocycles. The van der Waals surface area contributed by atoms with Crippen LogP contribution < -0.4 is 0 Å². The van der Waals surface area contributed by atoms with E-state index in [9.17, 15) is 12.8 Å². The average molecular weight is 236 g/mol. The van der Waals surface area contributed by atoms with Gasteiger partial charge in [-0.05, 0) is 35.4 Å². The van der Waals surface area contributed by atoms with Crippen molar-refractivity contribution in [2.75, 3.05) is 0 Å². The number of hydrogen-bond donors (Lipinski definition) is 1. The Hall–Kier alpha value is -1.68. The molecule has 2 aromatic rings. The van der Waals surface area contributed by atoms with Gasteiger partial charge in [-0.3, -0.25) is 0 Å². The van der Waals surface area contributed by atoms with E-state index < -0.39 is 10.7 Å². The summed E-state index contributed by atoms with van der Waals surface area (Å²) in [6, 6.07) is 12.5. The summed E-state index contributed by atoms with van der Waals surface area (Å²) in [6.07, 6.45) is 0. The van der Waals surface area contributed by atoms with Crippen molar-refractivity contribution in [1.29, 1.82) is 0 Å². The van der Waals surface area contributed by atoms with E-state index in [4.69, 9.17) is 0 Å². The third-order valence-corrected chi connectivity index (χ3v) is 2.98. The Balaban J connectivity index is 2.38. The zero-order chi connectivity index (χ0) is 11.5. The highest BCUT2D eigenvalue weighted by atomic mass is 32.2. The van der Waals surface area contributed by atoms with Gasteiger partial charge in [0.05, 0.1) is 4.90 Å². The molecule has 82 valence electrons. The molecule has 0 spiro atoms. The lowest BCUT2D eigenvalue weighted by atomic mass is 10.1. The van der Waals surface area contributed by atoms with Crippen molar-refractivity contribution in [2.45, 2.75) is 4.90 Å². The molecule has 2 aromatic carbocycles. The van der Waals surface area contributed by atoms with E-state index in [0.29, 0.717) is 0 Å². The highest BCUT2D eigenvalue weighted by Gasteiger charge is 1.99. The molecule has 0 N–H and O–H groups in total. The SMILES string of the molecule is O=[SH](=O)c1ccc(-c2ccc(F)cc2)cc1. The third kappa shape index (κ3) is 2.28. The number of rotatable bonds is 2. The first-order valence-corrected chi connectivity index (χ1v) is 5.85. The molecule has 0 fully saturated rings. The van der Waals surface area contributed by atoms with Gasteiger partial charge in [0.15, 0.2) is 10.7 Å². The number of thiol groups is 1. The molecule has 0 bridgehead atoms. The van der Waals surface area contributed by atoms with Crippen LogP contribution >= 0.6 is 0 Å². The summed E-state index contributed by atoms with van der Waals surface area (Å²) in [5.74, 6) is -0.289. The summed E-state index contributed by atoms with van der Waals surface area (Å²) in [5.41, 5.74) is 1.72. The number of hydrogen-bond acceptors (Lipinski definition) is 2. The van der Waals surface area contributed by atoms with Gasteiger partial charge in [0.25, 0.3) is 0 Å². The molecule has 4 heteroatoms. The normalized spacial score (nSPS) is 10.6. The maximum Gasteiger partial charge on any atom is 0.168 e. The minimum atomic E-state index is -2.54. The summed E-state index contributed by atoms with van der Waals surface area (Å²) in [4.78, 5) is 0.279. The van der Waals surface area contributed by atoms with Gasteiger partial charge in [-0.15, -0.1) is 0 Å². The van der Waals surface area contributed by atoms with Crippen LogP contribution in [0.25, 0.3) is 11.1 Å². The quantitative estimate of drug-likeness (QED) is 0.813. The van der Waals surface area contributed by atoms with E-state index in [-0.39, 0.29) is 10.7 Å². The van der Waals surface area contributed by atoms with E-state index >= 15 is 0 Å². The molecule has 0 radical (unpaired) electrons. The van der Waals surface area contributed by atoms with E-state index in [0.717, 1.165) is 11.1 Å². The molecule has 0 aliphatic rings. The Labute approximate surface area is 94.3 Å². The molecule has 16 heavy (non-hydrogen) atoms. The zero-order valence-electron chi connectivity index (χ0n) is 8.26. The molecule has 0 saturated heterocycles. The molecule has 0 amide bonds. The lowest BCUT2D eigenvalue weighted by Gasteiger charge is -2.01. The standard InChI is InChI=1S/C12H9FO2S/c13-11-5-1-9(2-6-11)10-3-7-12(8-4-10)16(14)15/h1-8,16H.